The largest absolute Gasteiger partial charge is 0.496 e. The zero-order valence-corrected chi connectivity index (χ0v) is 31.5. The molecule has 9 atom stereocenters. The molecule has 1 fully saturated rings. The number of benzene rings is 1. The van der Waals surface area contributed by atoms with Crippen LogP contribution in [0.5, 0.6) is 17.2 Å². The van der Waals surface area contributed by atoms with E-state index in [0.717, 1.165) is 12.8 Å². The molecule has 1 aromatic heterocycles. The minimum Gasteiger partial charge on any atom is -0.496 e. The van der Waals surface area contributed by atoms with Crippen molar-refractivity contribution in [3.63, 3.8) is 0 Å². The fraction of sp³-hybridized carbons (Fsp3) is 0.625. The van der Waals surface area contributed by atoms with Crippen molar-refractivity contribution in [3.05, 3.63) is 63.6 Å². The topological polar surface area (TPSA) is 85.6 Å². The summed E-state index contributed by atoms with van der Waals surface area (Å²) in [7, 11) is 6.57. The van der Waals surface area contributed by atoms with Crippen LogP contribution in [0.1, 0.15) is 79.6 Å². The third kappa shape index (κ3) is 8.74. The third-order valence-electron chi connectivity index (χ3n) is 10.6. The molecular formula is C40H60O8. The normalized spacial score (nSPS) is 24.6. The second-order valence-corrected chi connectivity index (χ2v) is 13.5. The van der Waals surface area contributed by atoms with Gasteiger partial charge in [0.15, 0.2) is 16.8 Å². The zero-order chi connectivity index (χ0) is 35.7. The van der Waals surface area contributed by atoms with Crippen molar-refractivity contribution in [2.45, 2.75) is 106 Å². The van der Waals surface area contributed by atoms with E-state index in [2.05, 4.69) is 66.7 Å². The lowest BCUT2D eigenvalue weighted by Gasteiger charge is -2.43. The first-order valence-electron chi connectivity index (χ1n) is 17.4. The van der Waals surface area contributed by atoms with Crippen LogP contribution in [-0.2, 0) is 20.6 Å². The molecule has 1 aromatic carbocycles. The van der Waals surface area contributed by atoms with Crippen LogP contribution < -0.4 is 19.6 Å². The molecule has 0 bridgehead atoms. The minimum atomic E-state index is -0.531. The molecule has 0 spiro atoms. The minimum absolute atomic E-state index is 0.0613. The number of rotatable bonds is 16. The maximum absolute atomic E-state index is 14.0. The van der Waals surface area contributed by atoms with Crippen molar-refractivity contribution in [2.75, 3.05) is 28.4 Å². The van der Waals surface area contributed by atoms with Crippen molar-refractivity contribution >= 4 is 11.0 Å². The highest BCUT2D eigenvalue weighted by molar-refractivity contribution is 5.91. The maximum atomic E-state index is 14.0. The van der Waals surface area contributed by atoms with Crippen molar-refractivity contribution in [3.8, 4) is 17.2 Å². The van der Waals surface area contributed by atoms with Crippen molar-refractivity contribution in [1.29, 1.82) is 0 Å². The smallest absolute Gasteiger partial charge is 0.208 e. The number of ether oxygens (including phenoxy) is 6. The summed E-state index contributed by atoms with van der Waals surface area (Å²) >= 11 is 0. The van der Waals surface area contributed by atoms with Crippen LogP contribution in [0.25, 0.3) is 11.0 Å². The molecule has 0 aliphatic carbocycles. The quantitative estimate of drug-likeness (QED) is 0.164. The maximum Gasteiger partial charge on any atom is 0.208 e. The van der Waals surface area contributed by atoms with E-state index in [0.29, 0.717) is 57.8 Å². The Balaban J connectivity index is 1.96. The van der Waals surface area contributed by atoms with Crippen LogP contribution in [0.4, 0.5) is 0 Å². The first-order valence-corrected chi connectivity index (χ1v) is 17.4. The molecule has 3 rings (SSSR count). The van der Waals surface area contributed by atoms with Crippen LogP contribution >= 0.6 is 0 Å². The van der Waals surface area contributed by atoms with Crippen LogP contribution in [0.3, 0.4) is 0 Å². The number of aryl methyl sites for hydroxylation is 1. The molecule has 48 heavy (non-hydrogen) atoms. The number of hydrogen-bond donors (Lipinski definition) is 0. The summed E-state index contributed by atoms with van der Waals surface area (Å²) in [6, 6.07) is 1.69. The monoisotopic (exact) mass is 668 g/mol. The Bertz CT molecular complexity index is 1480. The predicted octanol–water partition coefficient (Wildman–Crippen LogP) is 8.85. The molecule has 9 unspecified atom stereocenters. The van der Waals surface area contributed by atoms with Gasteiger partial charge in [0.1, 0.15) is 16.9 Å². The molecule has 1 saturated heterocycles. The van der Waals surface area contributed by atoms with E-state index >= 15 is 0 Å². The highest BCUT2D eigenvalue weighted by Gasteiger charge is 2.40. The second kappa shape index (κ2) is 18.1. The van der Waals surface area contributed by atoms with E-state index in [1.165, 1.54) is 12.7 Å². The molecule has 1 aliphatic heterocycles. The summed E-state index contributed by atoms with van der Waals surface area (Å²) in [5.74, 6) is 2.84. The lowest BCUT2D eigenvalue weighted by molar-refractivity contribution is -0.212. The number of allylic oxidation sites excluding steroid dienone is 5. The summed E-state index contributed by atoms with van der Waals surface area (Å²) in [5.41, 5.74) is 1.89. The first kappa shape index (κ1) is 39.4. The van der Waals surface area contributed by atoms with Crippen LogP contribution in [0, 0.1) is 36.5 Å². The van der Waals surface area contributed by atoms with Gasteiger partial charge in [-0.1, -0.05) is 77.5 Å². The summed E-state index contributed by atoms with van der Waals surface area (Å²) in [5, 5.41) is 0.330. The van der Waals surface area contributed by atoms with Gasteiger partial charge in [0.25, 0.3) is 0 Å². The molecule has 1 aliphatic rings. The van der Waals surface area contributed by atoms with Gasteiger partial charge in [-0.05, 0) is 51.4 Å². The van der Waals surface area contributed by atoms with Gasteiger partial charge < -0.3 is 32.8 Å². The Kier molecular flexibility index (Phi) is 14.8. The van der Waals surface area contributed by atoms with Crippen LogP contribution in [-0.4, -0.2) is 53.0 Å². The Morgan fingerprint density at radius 3 is 2.25 bits per heavy atom. The van der Waals surface area contributed by atoms with Crippen LogP contribution in [0.15, 0.2) is 51.2 Å². The summed E-state index contributed by atoms with van der Waals surface area (Å²) in [4.78, 5) is 14.0. The number of hydrogen-bond acceptors (Lipinski definition) is 8. The number of methoxy groups -OCH3 is 4. The average molecular weight is 669 g/mol. The van der Waals surface area contributed by atoms with E-state index in [-0.39, 0.29) is 41.5 Å². The summed E-state index contributed by atoms with van der Waals surface area (Å²) in [6.07, 6.45) is 11.7. The molecule has 0 amide bonds. The van der Waals surface area contributed by atoms with E-state index in [4.69, 9.17) is 32.8 Å². The highest BCUT2D eigenvalue weighted by atomic mass is 16.7. The molecule has 0 N–H and O–H groups in total. The van der Waals surface area contributed by atoms with Gasteiger partial charge in [-0.2, -0.15) is 0 Å². The lowest BCUT2D eigenvalue weighted by Crippen LogP contribution is -2.47. The number of fused-ring (bicyclic) bond motifs is 1. The van der Waals surface area contributed by atoms with Gasteiger partial charge in [-0.3, -0.25) is 4.79 Å². The summed E-state index contributed by atoms with van der Waals surface area (Å²) in [6.45, 7) is 19.0. The van der Waals surface area contributed by atoms with Gasteiger partial charge in [-0.25, -0.2) is 0 Å². The molecule has 0 radical (unpaired) electrons. The second-order valence-electron chi connectivity index (χ2n) is 13.5. The Labute approximate surface area is 288 Å². The Morgan fingerprint density at radius 2 is 1.67 bits per heavy atom. The van der Waals surface area contributed by atoms with Crippen molar-refractivity contribution < 1.29 is 32.8 Å². The molecule has 2 aromatic rings. The van der Waals surface area contributed by atoms with Crippen molar-refractivity contribution in [2.24, 2.45) is 29.6 Å². The average Bonchev–Trinajstić information content (AvgIpc) is 3.09. The first-order chi connectivity index (χ1) is 22.9. The fourth-order valence-electron chi connectivity index (χ4n) is 6.91. The Hall–Kier alpha value is -3.07. The molecule has 2 heterocycles. The van der Waals surface area contributed by atoms with Gasteiger partial charge in [0.05, 0.1) is 32.5 Å². The SMILES string of the molecule is C/C=C(C)/C=C/C=C/C(OC)C(C)C(OC)C(C)CCc1oc2c(OC3OC(CC)C(C)C(C)C3C)c(OC)cc(OC)c2c(=O)c1C. The van der Waals surface area contributed by atoms with Gasteiger partial charge in [-0.15, -0.1) is 0 Å². The van der Waals surface area contributed by atoms with Gasteiger partial charge >= 0.3 is 0 Å². The van der Waals surface area contributed by atoms with E-state index in [1.807, 2.05) is 26.0 Å². The third-order valence-corrected chi connectivity index (χ3v) is 10.6. The summed E-state index contributed by atoms with van der Waals surface area (Å²) < 4.78 is 43.1. The molecule has 8 heteroatoms. The van der Waals surface area contributed by atoms with Crippen molar-refractivity contribution in [1.82, 2.24) is 0 Å². The van der Waals surface area contributed by atoms with E-state index in [9.17, 15) is 4.79 Å². The predicted molar refractivity (Wildman–Crippen MR) is 193 cm³/mol. The lowest BCUT2D eigenvalue weighted by atomic mass is 9.78. The van der Waals surface area contributed by atoms with Gasteiger partial charge in [0.2, 0.25) is 12.0 Å². The fourth-order valence-corrected chi connectivity index (χ4v) is 6.91. The van der Waals surface area contributed by atoms with E-state index < -0.39 is 6.29 Å². The van der Waals surface area contributed by atoms with E-state index in [1.54, 1.807) is 27.4 Å². The van der Waals surface area contributed by atoms with Crippen LogP contribution in [0.2, 0.25) is 0 Å². The Morgan fingerprint density at radius 1 is 0.979 bits per heavy atom. The highest BCUT2D eigenvalue weighted by Crippen LogP contribution is 2.44. The zero-order valence-electron chi connectivity index (χ0n) is 31.5. The standard InChI is InChI=1S/C40H60O8/c1-14-23(3)18-16-17-19-31(42-10)29(9)37(45-13)24(4)20-21-32-28(8)36(41)35-33(43-11)22-34(44-12)38(39(35)46-32)48-40-27(7)25(5)26(6)30(15-2)47-40/h14,16-19,22,24-27,29-31,37,40H,15,20-21H2,1-13H3/b18-16+,19-17+,23-14+. The van der Waals surface area contributed by atoms with Gasteiger partial charge in [0, 0.05) is 44.1 Å². The molecule has 8 nitrogen and oxygen atoms in total. The molecule has 0 saturated carbocycles. The molecule has 268 valence electrons. The molecular weight excluding hydrogens is 608 g/mol.